The Morgan fingerprint density at radius 3 is 2.07 bits per heavy atom. The van der Waals surface area contributed by atoms with E-state index in [0.717, 1.165) is 39.1 Å². The first-order valence-corrected chi connectivity index (χ1v) is 13.9. The summed E-state index contributed by atoms with van der Waals surface area (Å²) in [4.78, 5) is 34.0. The van der Waals surface area contributed by atoms with E-state index in [9.17, 15) is 9.59 Å². The second-order valence-corrected chi connectivity index (χ2v) is 9.96. The third-order valence-corrected chi connectivity index (χ3v) is 7.18. The molecule has 216 valence electrons. The number of benzene rings is 3. The van der Waals surface area contributed by atoms with E-state index in [1.54, 1.807) is 26.2 Å². The summed E-state index contributed by atoms with van der Waals surface area (Å²) in [6.45, 7) is 1.90. The highest BCUT2D eigenvalue weighted by atomic mass is 16.5. The third kappa shape index (κ3) is 8.35. The van der Waals surface area contributed by atoms with Gasteiger partial charge in [0.15, 0.2) is 0 Å². The Morgan fingerprint density at radius 1 is 0.756 bits per heavy atom. The van der Waals surface area contributed by atoms with Crippen molar-refractivity contribution in [2.45, 2.75) is 25.8 Å². The lowest BCUT2D eigenvalue weighted by atomic mass is 10.1. The Morgan fingerprint density at radius 2 is 1.41 bits per heavy atom. The van der Waals surface area contributed by atoms with Gasteiger partial charge in [-0.3, -0.25) is 9.59 Å². The number of methoxy groups -OCH3 is 3. The van der Waals surface area contributed by atoms with Gasteiger partial charge in [-0.1, -0.05) is 42.5 Å². The molecule has 4 aromatic rings. The number of amides is 2. The zero-order valence-electron chi connectivity index (χ0n) is 24.1. The Balaban J connectivity index is 1.50. The number of fused-ring (bicyclic) bond motifs is 1. The molecule has 2 amide bonds. The fourth-order valence-electron chi connectivity index (χ4n) is 4.82. The number of aromatic amines is 1. The molecule has 8 heteroatoms. The van der Waals surface area contributed by atoms with E-state index in [4.69, 9.17) is 14.2 Å². The van der Waals surface area contributed by atoms with Crippen molar-refractivity contribution >= 4 is 22.7 Å². The SMILES string of the molecule is COCCCN(CC(=O)N(CCc1c[nH]c2ccccc12)Cc1ccc(OC)cc1)C(=O)Cc1ccc(OC)cc1. The molecule has 8 nitrogen and oxygen atoms in total. The molecular formula is C33H39N3O5. The molecule has 3 aromatic carbocycles. The van der Waals surface area contributed by atoms with E-state index in [-0.39, 0.29) is 24.8 Å². The fraction of sp³-hybridized carbons (Fsp3) is 0.333. The van der Waals surface area contributed by atoms with Crippen LogP contribution in [0, 0.1) is 0 Å². The van der Waals surface area contributed by atoms with E-state index in [1.165, 1.54) is 0 Å². The Bertz CT molecular complexity index is 1400. The number of nitrogens with zero attached hydrogens (tertiary/aromatic N) is 2. The Labute approximate surface area is 241 Å². The molecular weight excluding hydrogens is 518 g/mol. The molecule has 0 fully saturated rings. The molecule has 0 radical (unpaired) electrons. The molecule has 0 spiro atoms. The molecule has 0 unspecified atom stereocenters. The predicted octanol–water partition coefficient (Wildman–Crippen LogP) is 4.86. The second kappa shape index (κ2) is 14.9. The summed E-state index contributed by atoms with van der Waals surface area (Å²) in [6.07, 6.45) is 3.55. The lowest BCUT2D eigenvalue weighted by Crippen LogP contribution is -2.44. The fourth-order valence-corrected chi connectivity index (χ4v) is 4.82. The van der Waals surface area contributed by atoms with Crippen LogP contribution in [0.15, 0.2) is 79.0 Å². The van der Waals surface area contributed by atoms with Crippen LogP contribution in [0.1, 0.15) is 23.1 Å². The van der Waals surface area contributed by atoms with Crippen molar-refractivity contribution in [1.29, 1.82) is 0 Å². The summed E-state index contributed by atoms with van der Waals surface area (Å²) in [5.74, 6) is 1.30. The summed E-state index contributed by atoms with van der Waals surface area (Å²) in [5, 5.41) is 1.15. The number of ether oxygens (including phenoxy) is 3. The van der Waals surface area contributed by atoms with Gasteiger partial charge in [0.05, 0.1) is 27.2 Å². The van der Waals surface area contributed by atoms with Gasteiger partial charge < -0.3 is 29.0 Å². The number of carbonyl (C=O) groups excluding carboxylic acids is 2. The van der Waals surface area contributed by atoms with Crippen LogP contribution in [0.4, 0.5) is 0 Å². The molecule has 0 bridgehead atoms. The van der Waals surface area contributed by atoms with Gasteiger partial charge in [0.2, 0.25) is 11.8 Å². The minimum Gasteiger partial charge on any atom is -0.497 e. The molecule has 4 rings (SSSR count). The van der Waals surface area contributed by atoms with Crippen LogP contribution in [0.5, 0.6) is 11.5 Å². The number of carbonyl (C=O) groups is 2. The van der Waals surface area contributed by atoms with Crippen LogP contribution in [-0.2, 0) is 33.7 Å². The number of para-hydroxylation sites is 1. The highest BCUT2D eigenvalue weighted by Crippen LogP contribution is 2.20. The average molecular weight is 558 g/mol. The number of hydrogen-bond acceptors (Lipinski definition) is 5. The number of rotatable bonds is 15. The van der Waals surface area contributed by atoms with E-state index in [2.05, 4.69) is 11.1 Å². The minimum absolute atomic E-state index is 0.00272. The number of aromatic nitrogens is 1. The molecule has 0 aliphatic heterocycles. The topological polar surface area (TPSA) is 84.1 Å². The molecule has 1 heterocycles. The van der Waals surface area contributed by atoms with Crippen molar-refractivity contribution in [3.63, 3.8) is 0 Å². The van der Waals surface area contributed by atoms with Crippen molar-refractivity contribution < 1.29 is 23.8 Å². The van der Waals surface area contributed by atoms with E-state index < -0.39 is 0 Å². The van der Waals surface area contributed by atoms with Crippen molar-refractivity contribution in [3.8, 4) is 11.5 Å². The first-order chi connectivity index (χ1) is 20.0. The van der Waals surface area contributed by atoms with Crippen LogP contribution in [0.2, 0.25) is 0 Å². The first-order valence-electron chi connectivity index (χ1n) is 13.9. The van der Waals surface area contributed by atoms with E-state index >= 15 is 0 Å². The second-order valence-electron chi connectivity index (χ2n) is 9.96. The van der Waals surface area contributed by atoms with Crippen LogP contribution in [-0.4, -0.2) is 74.2 Å². The van der Waals surface area contributed by atoms with Crippen molar-refractivity contribution in [1.82, 2.24) is 14.8 Å². The van der Waals surface area contributed by atoms with Crippen LogP contribution in [0.3, 0.4) is 0 Å². The van der Waals surface area contributed by atoms with Gasteiger partial charge in [-0.2, -0.15) is 0 Å². The summed E-state index contributed by atoms with van der Waals surface area (Å²) in [7, 11) is 4.88. The van der Waals surface area contributed by atoms with Crippen LogP contribution < -0.4 is 9.47 Å². The average Bonchev–Trinajstić information content (AvgIpc) is 3.42. The third-order valence-electron chi connectivity index (χ3n) is 7.18. The van der Waals surface area contributed by atoms with Gasteiger partial charge >= 0.3 is 0 Å². The van der Waals surface area contributed by atoms with Crippen molar-refractivity contribution in [3.05, 3.63) is 95.7 Å². The normalized spacial score (nSPS) is 10.9. The van der Waals surface area contributed by atoms with E-state index in [1.807, 2.05) is 77.8 Å². The largest absolute Gasteiger partial charge is 0.497 e. The summed E-state index contributed by atoms with van der Waals surface area (Å²) in [6, 6.07) is 23.3. The molecule has 0 aliphatic carbocycles. The summed E-state index contributed by atoms with van der Waals surface area (Å²) >= 11 is 0. The van der Waals surface area contributed by atoms with Gasteiger partial charge in [0.1, 0.15) is 11.5 Å². The monoisotopic (exact) mass is 557 g/mol. The molecule has 1 N–H and O–H groups in total. The maximum atomic E-state index is 13.8. The van der Waals surface area contributed by atoms with Crippen molar-refractivity contribution in [2.24, 2.45) is 0 Å². The minimum atomic E-state index is -0.0966. The highest BCUT2D eigenvalue weighted by Gasteiger charge is 2.22. The molecule has 0 aliphatic rings. The van der Waals surface area contributed by atoms with Gasteiger partial charge in [0, 0.05) is 50.5 Å². The number of hydrogen-bond donors (Lipinski definition) is 1. The van der Waals surface area contributed by atoms with E-state index in [0.29, 0.717) is 39.1 Å². The van der Waals surface area contributed by atoms with Crippen LogP contribution >= 0.6 is 0 Å². The lowest BCUT2D eigenvalue weighted by Gasteiger charge is -2.28. The summed E-state index contributed by atoms with van der Waals surface area (Å²) in [5.41, 5.74) is 4.09. The zero-order valence-corrected chi connectivity index (χ0v) is 24.1. The number of H-pyrrole nitrogens is 1. The first kappa shape index (κ1) is 29.7. The Hall–Kier alpha value is -4.30. The van der Waals surface area contributed by atoms with Crippen molar-refractivity contribution in [2.75, 3.05) is 47.6 Å². The van der Waals surface area contributed by atoms with Gasteiger partial charge in [-0.05, 0) is 59.9 Å². The maximum absolute atomic E-state index is 13.8. The van der Waals surface area contributed by atoms with Gasteiger partial charge in [-0.25, -0.2) is 0 Å². The quantitative estimate of drug-likeness (QED) is 0.211. The zero-order chi connectivity index (χ0) is 29.0. The molecule has 41 heavy (non-hydrogen) atoms. The van der Waals surface area contributed by atoms with Gasteiger partial charge in [0.25, 0.3) is 0 Å². The summed E-state index contributed by atoms with van der Waals surface area (Å²) < 4.78 is 15.8. The van der Waals surface area contributed by atoms with Gasteiger partial charge in [-0.15, -0.1) is 0 Å². The molecule has 1 aromatic heterocycles. The maximum Gasteiger partial charge on any atom is 0.242 e. The predicted molar refractivity (Wildman–Crippen MR) is 160 cm³/mol. The smallest absolute Gasteiger partial charge is 0.242 e. The lowest BCUT2D eigenvalue weighted by molar-refractivity contribution is -0.140. The van der Waals surface area contributed by atoms with Crippen LogP contribution in [0.25, 0.3) is 10.9 Å². The molecule has 0 saturated heterocycles. The number of nitrogens with one attached hydrogen (secondary N) is 1. The highest BCUT2D eigenvalue weighted by molar-refractivity contribution is 5.86. The molecule has 0 saturated carbocycles. The standard InChI is InChI=1S/C33H39N3O5/c1-39-20-6-18-35(32(37)21-25-9-13-28(40-2)14-10-25)24-33(38)36(23-26-11-15-29(41-3)16-12-26)19-17-27-22-34-31-8-5-4-7-30(27)31/h4-5,7-16,22,34H,6,17-21,23-24H2,1-3H3. The molecule has 0 atom stereocenters. The Kier molecular flexibility index (Phi) is 10.8.